The largest absolute Gasteiger partial charge is 0.497 e. The number of hydrogen-bond donors (Lipinski definition) is 0. The van der Waals surface area contributed by atoms with E-state index in [4.69, 9.17) is 9.47 Å². The molecule has 0 aliphatic rings. The minimum absolute atomic E-state index is 0.0788. The van der Waals surface area contributed by atoms with Crippen LogP contribution in [0.25, 0.3) is 0 Å². The van der Waals surface area contributed by atoms with E-state index in [1.807, 2.05) is 18.2 Å². The Hall–Kier alpha value is -1.07. The average Bonchev–Trinajstić information content (AvgIpc) is 2.86. The fourth-order valence-corrected chi connectivity index (χ4v) is 2.99. The Kier molecular flexibility index (Phi) is 4.70. The van der Waals surface area contributed by atoms with Gasteiger partial charge in [-0.05, 0) is 34.1 Å². The van der Waals surface area contributed by atoms with Crippen molar-refractivity contribution in [3.63, 3.8) is 0 Å². The highest BCUT2D eigenvalue weighted by atomic mass is 79.9. The van der Waals surface area contributed by atoms with Crippen LogP contribution in [-0.4, -0.2) is 12.1 Å². The van der Waals surface area contributed by atoms with Gasteiger partial charge in [0.2, 0.25) is 0 Å². The highest BCUT2D eigenvalue weighted by Crippen LogP contribution is 2.30. The second-order valence-electron chi connectivity index (χ2n) is 5.46. The van der Waals surface area contributed by atoms with Gasteiger partial charge in [0.25, 0.3) is 0 Å². The summed E-state index contributed by atoms with van der Waals surface area (Å²) in [5, 5.41) is 3.08. The summed E-state index contributed by atoms with van der Waals surface area (Å²) in [7, 11) is 1.64. The number of rotatable bonds is 4. The van der Waals surface area contributed by atoms with E-state index >= 15 is 0 Å². The maximum absolute atomic E-state index is 5.79. The molecule has 0 radical (unpaired) electrons. The summed E-state index contributed by atoms with van der Waals surface area (Å²) in [6.45, 7) is 6.96. The second-order valence-corrected chi connectivity index (χ2v) is 7.26. The number of aromatic nitrogens is 1. The van der Waals surface area contributed by atoms with Gasteiger partial charge in [-0.1, -0.05) is 20.8 Å². The van der Waals surface area contributed by atoms with Gasteiger partial charge in [0, 0.05) is 10.8 Å². The van der Waals surface area contributed by atoms with Crippen molar-refractivity contribution in [3.05, 3.63) is 38.8 Å². The van der Waals surface area contributed by atoms with Gasteiger partial charge in [-0.25, -0.2) is 4.98 Å². The lowest BCUT2D eigenvalue weighted by Crippen LogP contribution is -2.11. The lowest BCUT2D eigenvalue weighted by Gasteiger charge is -2.14. The van der Waals surface area contributed by atoms with E-state index in [-0.39, 0.29) is 5.41 Å². The van der Waals surface area contributed by atoms with Crippen molar-refractivity contribution in [2.24, 2.45) is 0 Å². The van der Waals surface area contributed by atoms with Gasteiger partial charge < -0.3 is 9.47 Å². The van der Waals surface area contributed by atoms with Crippen LogP contribution >= 0.6 is 27.3 Å². The summed E-state index contributed by atoms with van der Waals surface area (Å²) in [5.41, 5.74) is 1.19. The van der Waals surface area contributed by atoms with Gasteiger partial charge in [-0.2, -0.15) is 0 Å². The zero-order valence-corrected chi connectivity index (χ0v) is 14.5. The Balaban J connectivity index is 2.04. The van der Waals surface area contributed by atoms with Crippen LogP contribution < -0.4 is 9.47 Å². The lowest BCUT2D eigenvalue weighted by molar-refractivity contribution is 0.302. The summed E-state index contributed by atoms with van der Waals surface area (Å²) in [6.07, 6.45) is 0. The monoisotopic (exact) mass is 355 g/mol. The van der Waals surface area contributed by atoms with Crippen LogP contribution in [0, 0.1) is 0 Å². The predicted molar refractivity (Wildman–Crippen MR) is 85.8 cm³/mol. The first-order valence-corrected chi connectivity index (χ1v) is 7.98. The fourth-order valence-electron chi connectivity index (χ4n) is 1.59. The first-order chi connectivity index (χ1) is 9.40. The molecule has 2 rings (SSSR count). The number of nitrogens with zero attached hydrogens (tertiary/aromatic N) is 1. The average molecular weight is 356 g/mol. The van der Waals surface area contributed by atoms with E-state index in [1.54, 1.807) is 18.4 Å². The molecule has 1 heterocycles. The molecular weight excluding hydrogens is 338 g/mol. The van der Waals surface area contributed by atoms with Gasteiger partial charge in [-0.3, -0.25) is 0 Å². The van der Waals surface area contributed by atoms with E-state index < -0.39 is 0 Å². The van der Waals surface area contributed by atoms with Crippen molar-refractivity contribution in [2.45, 2.75) is 32.8 Å². The van der Waals surface area contributed by atoms with Crippen LogP contribution in [0.1, 0.15) is 31.5 Å². The van der Waals surface area contributed by atoms with E-state index in [0.29, 0.717) is 6.61 Å². The summed E-state index contributed by atoms with van der Waals surface area (Å²) >= 11 is 5.11. The normalized spacial score (nSPS) is 11.4. The molecule has 0 spiro atoms. The van der Waals surface area contributed by atoms with Crippen LogP contribution in [0.5, 0.6) is 11.5 Å². The molecule has 0 atom stereocenters. The van der Waals surface area contributed by atoms with Gasteiger partial charge >= 0.3 is 0 Å². The highest BCUT2D eigenvalue weighted by Gasteiger charge is 2.17. The van der Waals surface area contributed by atoms with E-state index in [0.717, 1.165) is 26.7 Å². The quantitative estimate of drug-likeness (QED) is 0.789. The number of methoxy groups -OCH3 is 1. The zero-order valence-electron chi connectivity index (χ0n) is 12.1. The first-order valence-electron chi connectivity index (χ1n) is 6.31. The number of halogens is 1. The molecule has 0 N–H and O–H groups in total. The maximum atomic E-state index is 5.79. The van der Waals surface area contributed by atoms with Crippen molar-refractivity contribution < 1.29 is 9.47 Å². The molecule has 0 bridgehead atoms. The lowest BCUT2D eigenvalue weighted by atomic mass is 9.93. The summed E-state index contributed by atoms with van der Waals surface area (Å²) in [6, 6.07) is 5.65. The summed E-state index contributed by atoms with van der Waals surface area (Å²) in [4.78, 5) is 4.61. The molecule has 20 heavy (non-hydrogen) atoms. The Bertz CT molecular complexity index is 590. The van der Waals surface area contributed by atoms with Crippen LogP contribution in [0.4, 0.5) is 0 Å². The van der Waals surface area contributed by atoms with E-state index in [9.17, 15) is 0 Å². The van der Waals surface area contributed by atoms with Crippen LogP contribution in [0.3, 0.4) is 0 Å². The zero-order chi connectivity index (χ0) is 14.8. The third kappa shape index (κ3) is 3.73. The molecule has 2 aromatic rings. The molecule has 0 saturated carbocycles. The summed E-state index contributed by atoms with van der Waals surface area (Å²) in [5.74, 6) is 1.59. The molecule has 0 unspecified atom stereocenters. The predicted octanol–water partition coefficient (Wildman–Crippen LogP) is 4.79. The SMILES string of the molecule is COc1ccc(OCc2nc(C(C)(C)C)cs2)c(Br)c1. The molecule has 0 aliphatic carbocycles. The molecule has 0 aliphatic heterocycles. The fraction of sp³-hybridized carbons (Fsp3) is 0.400. The molecule has 108 valence electrons. The van der Waals surface area contributed by atoms with Crippen LogP contribution in [0.2, 0.25) is 0 Å². The van der Waals surface area contributed by atoms with Gasteiger partial charge in [0.1, 0.15) is 23.1 Å². The standard InChI is InChI=1S/C15H18BrNO2S/c1-15(2,3)13-9-20-14(17-13)8-19-12-6-5-10(18-4)7-11(12)16/h5-7,9H,8H2,1-4H3. The summed E-state index contributed by atoms with van der Waals surface area (Å²) < 4.78 is 11.8. The molecule has 1 aromatic heterocycles. The van der Waals surface area contributed by atoms with Crippen molar-refractivity contribution in [1.82, 2.24) is 4.98 Å². The van der Waals surface area contributed by atoms with E-state index in [2.05, 4.69) is 47.1 Å². The van der Waals surface area contributed by atoms with E-state index in [1.165, 1.54) is 0 Å². The number of benzene rings is 1. The minimum Gasteiger partial charge on any atom is -0.497 e. The number of hydrogen-bond acceptors (Lipinski definition) is 4. The first kappa shape index (κ1) is 15.3. The third-order valence-corrected chi connectivity index (χ3v) is 4.25. The number of ether oxygens (including phenoxy) is 2. The molecule has 5 heteroatoms. The van der Waals surface area contributed by atoms with Crippen molar-refractivity contribution in [1.29, 1.82) is 0 Å². The van der Waals surface area contributed by atoms with Crippen molar-refractivity contribution in [2.75, 3.05) is 7.11 Å². The minimum atomic E-state index is 0.0788. The van der Waals surface area contributed by atoms with Crippen molar-refractivity contribution >= 4 is 27.3 Å². The molecule has 3 nitrogen and oxygen atoms in total. The van der Waals surface area contributed by atoms with Gasteiger partial charge in [0.05, 0.1) is 17.3 Å². The smallest absolute Gasteiger partial charge is 0.140 e. The van der Waals surface area contributed by atoms with Gasteiger partial charge in [0.15, 0.2) is 0 Å². The third-order valence-electron chi connectivity index (χ3n) is 2.81. The Morgan fingerprint density at radius 1 is 1.30 bits per heavy atom. The van der Waals surface area contributed by atoms with Crippen LogP contribution in [0.15, 0.2) is 28.1 Å². The Morgan fingerprint density at radius 2 is 2.05 bits per heavy atom. The number of thiazole rings is 1. The van der Waals surface area contributed by atoms with Crippen LogP contribution in [-0.2, 0) is 12.0 Å². The topological polar surface area (TPSA) is 31.4 Å². The highest BCUT2D eigenvalue weighted by molar-refractivity contribution is 9.10. The second kappa shape index (κ2) is 6.14. The molecule has 0 amide bonds. The maximum Gasteiger partial charge on any atom is 0.140 e. The van der Waals surface area contributed by atoms with Gasteiger partial charge in [-0.15, -0.1) is 11.3 Å². The molecular formula is C15H18BrNO2S. The molecule has 0 fully saturated rings. The van der Waals surface area contributed by atoms with Crippen molar-refractivity contribution in [3.8, 4) is 11.5 Å². The Labute approximate surface area is 132 Å². The molecule has 0 saturated heterocycles. The molecule has 1 aromatic carbocycles. The Morgan fingerprint density at radius 3 is 2.60 bits per heavy atom.